The molecule has 0 spiro atoms. The van der Waals surface area contributed by atoms with Crippen LogP contribution in [0.1, 0.15) is 0 Å². The molecule has 3 aromatic rings. The molecule has 0 aliphatic heterocycles. The molecule has 0 fully saturated rings. The summed E-state index contributed by atoms with van der Waals surface area (Å²) in [4.78, 5) is 12.1. The van der Waals surface area contributed by atoms with Crippen molar-refractivity contribution in [2.75, 3.05) is 5.32 Å². The van der Waals surface area contributed by atoms with Gasteiger partial charge >= 0.3 is 6.09 Å². The Bertz CT molecular complexity index is 1020. The van der Waals surface area contributed by atoms with E-state index in [1.165, 1.54) is 36.4 Å². The van der Waals surface area contributed by atoms with Crippen LogP contribution in [0.4, 0.5) is 10.5 Å². The highest BCUT2D eigenvalue weighted by Crippen LogP contribution is 2.24. The van der Waals surface area contributed by atoms with Gasteiger partial charge in [-0.2, -0.15) is 0 Å². The molecule has 3 rings (SSSR count). The number of ether oxygens (including phenoxy) is 1. The van der Waals surface area contributed by atoms with Gasteiger partial charge in [-0.3, -0.25) is 5.32 Å². The van der Waals surface area contributed by atoms with Gasteiger partial charge in [0.2, 0.25) is 9.84 Å². The lowest BCUT2D eigenvalue weighted by molar-refractivity contribution is 0.215. The molecule has 0 aromatic heterocycles. The summed E-state index contributed by atoms with van der Waals surface area (Å²) in [7, 11) is -3.68. The smallest absolute Gasteiger partial charge is 0.410 e. The maximum atomic E-state index is 12.6. The molecule has 0 unspecified atom stereocenters. The van der Waals surface area contributed by atoms with Crippen LogP contribution in [0.5, 0.6) is 5.75 Å². The molecule has 0 aliphatic rings. The number of carbonyl (C=O) groups is 1. The van der Waals surface area contributed by atoms with Crippen LogP contribution < -0.4 is 10.1 Å². The van der Waals surface area contributed by atoms with Crippen LogP contribution in [-0.2, 0) is 9.84 Å². The Labute approximate surface area is 156 Å². The number of para-hydroxylation sites is 1. The fourth-order valence-electron chi connectivity index (χ4n) is 2.23. The lowest BCUT2D eigenvalue weighted by Gasteiger charge is -2.08. The van der Waals surface area contributed by atoms with Gasteiger partial charge in [0, 0.05) is 10.7 Å². The molecule has 0 bridgehead atoms. The van der Waals surface area contributed by atoms with Gasteiger partial charge in [0.15, 0.2) is 0 Å². The van der Waals surface area contributed by atoms with Gasteiger partial charge in [-0.05, 0) is 54.6 Å². The summed E-state index contributed by atoms with van der Waals surface area (Å²) in [5, 5.41) is 2.88. The third-order valence-electron chi connectivity index (χ3n) is 3.47. The first-order valence-electron chi connectivity index (χ1n) is 7.60. The summed E-state index contributed by atoms with van der Waals surface area (Å²) in [6, 6.07) is 20.5. The van der Waals surface area contributed by atoms with Crippen LogP contribution in [-0.4, -0.2) is 14.5 Å². The van der Waals surface area contributed by atoms with E-state index in [2.05, 4.69) is 5.32 Å². The number of hydrogen-bond donors (Lipinski definition) is 1. The van der Waals surface area contributed by atoms with E-state index in [0.29, 0.717) is 16.5 Å². The van der Waals surface area contributed by atoms with Crippen molar-refractivity contribution in [3.05, 3.63) is 83.9 Å². The third kappa shape index (κ3) is 4.22. The van der Waals surface area contributed by atoms with Crippen molar-refractivity contribution in [1.82, 2.24) is 0 Å². The standard InChI is InChI=1S/C19H14ClNO4S/c20-14-5-4-8-18(13-14)26(23,24)17-11-9-15(10-12-17)21-19(22)25-16-6-2-1-3-7-16/h1-13H,(H,21,22). The summed E-state index contributed by atoms with van der Waals surface area (Å²) in [6.45, 7) is 0. The quantitative estimate of drug-likeness (QED) is 0.699. The van der Waals surface area contributed by atoms with Gasteiger partial charge in [-0.15, -0.1) is 0 Å². The molecule has 1 amide bonds. The Hall–Kier alpha value is -2.83. The number of sulfone groups is 1. The SMILES string of the molecule is O=C(Nc1ccc(S(=O)(=O)c2cccc(Cl)c2)cc1)Oc1ccccc1. The molecule has 0 saturated heterocycles. The number of hydrogen-bond acceptors (Lipinski definition) is 4. The minimum Gasteiger partial charge on any atom is -0.410 e. The topological polar surface area (TPSA) is 72.5 Å². The lowest BCUT2D eigenvalue weighted by atomic mass is 10.3. The average molecular weight is 388 g/mol. The minimum atomic E-state index is -3.68. The summed E-state index contributed by atoms with van der Waals surface area (Å²) < 4.78 is 30.3. The molecule has 7 heteroatoms. The van der Waals surface area contributed by atoms with Crippen molar-refractivity contribution in [3.8, 4) is 5.75 Å². The number of rotatable bonds is 4. The van der Waals surface area contributed by atoms with Crippen LogP contribution in [0.15, 0.2) is 88.7 Å². The van der Waals surface area contributed by atoms with Gasteiger partial charge in [0.25, 0.3) is 0 Å². The van der Waals surface area contributed by atoms with E-state index in [0.717, 1.165) is 0 Å². The van der Waals surface area contributed by atoms with E-state index >= 15 is 0 Å². The van der Waals surface area contributed by atoms with Gasteiger partial charge in [0.05, 0.1) is 9.79 Å². The summed E-state index contributed by atoms with van der Waals surface area (Å²) >= 11 is 5.86. The van der Waals surface area contributed by atoms with Crippen molar-refractivity contribution in [2.45, 2.75) is 9.79 Å². The number of benzene rings is 3. The van der Waals surface area contributed by atoms with Gasteiger partial charge in [-0.1, -0.05) is 35.9 Å². The minimum absolute atomic E-state index is 0.0988. The van der Waals surface area contributed by atoms with Gasteiger partial charge in [-0.25, -0.2) is 13.2 Å². The average Bonchev–Trinajstić information content (AvgIpc) is 2.63. The molecule has 132 valence electrons. The highest BCUT2D eigenvalue weighted by molar-refractivity contribution is 7.91. The predicted molar refractivity (Wildman–Crippen MR) is 99.4 cm³/mol. The van der Waals surface area contributed by atoms with Crippen molar-refractivity contribution >= 4 is 33.2 Å². The zero-order valence-corrected chi connectivity index (χ0v) is 15.0. The number of carbonyl (C=O) groups excluding carboxylic acids is 1. The number of nitrogens with one attached hydrogen (secondary N) is 1. The Kier molecular flexibility index (Phi) is 5.25. The van der Waals surface area contributed by atoms with Gasteiger partial charge in [0.1, 0.15) is 5.75 Å². The van der Waals surface area contributed by atoms with Crippen LogP contribution in [0, 0.1) is 0 Å². The molecule has 0 atom stereocenters. The highest BCUT2D eigenvalue weighted by atomic mass is 35.5. The van der Waals surface area contributed by atoms with Crippen LogP contribution in [0.25, 0.3) is 0 Å². The Morgan fingerprint density at radius 3 is 2.19 bits per heavy atom. The first kappa shape index (κ1) is 18.0. The zero-order chi connectivity index (χ0) is 18.6. The number of anilines is 1. The molecule has 0 radical (unpaired) electrons. The Balaban J connectivity index is 1.73. The van der Waals surface area contributed by atoms with E-state index in [-0.39, 0.29) is 9.79 Å². The Morgan fingerprint density at radius 1 is 0.846 bits per heavy atom. The second-order valence-corrected chi connectivity index (χ2v) is 7.70. The van der Waals surface area contributed by atoms with Gasteiger partial charge < -0.3 is 4.74 Å². The molecule has 0 aliphatic carbocycles. The van der Waals surface area contributed by atoms with E-state index in [1.807, 2.05) is 6.07 Å². The van der Waals surface area contributed by atoms with Crippen molar-refractivity contribution < 1.29 is 17.9 Å². The van der Waals surface area contributed by atoms with Crippen LogP contribution >= 0.6 is 11.6 Å². The normalized spacial score (nSPS) is 11.0. The van der Waals surface area contributed by atoms with Crippen LogP contribution in [0.3, 0.4) is 0 Å². The third-order valence-corrected chi connectivity index (χ3v) is 5.47. The molecule has 0 saturated carbocycles. The molecule has 5 nitrogen and oxygen atoms in total. The molecule has 3 aromatic carbocycles. The Morgan fingerprint density at radius 2 is 1.54 bits per heavy atom. The van der Waals surface area contributed by atoms with Crippen LogP contribution in [0.2, 0.25) is 5.02 Å². The zero-order valence-electron chi connectivity index (χ0n) is 13.4. The lowest BCUT2D eigenvalue weighted by Crippen LogP contribution is -2.16. The number of halogens is 1. The molecular weight excluding hydrogens is 374 g/mol. The van der Waals surface area contributed by atoms with E-state index in [1.54, 1.807) is 36.4 Å². The monoisotopic (exact) mass is 387 g/mol. The predicted octanol–water partition coefficient (Wildman–Crippen LogP) is 4.78. The molecule has 26 heavy (non-hydrogen) atoms. The van der Waals surface area contributed by atoms with Crippen molar-refractivity contribution in [1.29, 1.82) is 0 Å². The first-order chi connectivity index (χ1) is 12.4. The van der Waals surface area contributed by atoms with E-state index in [9.17, 15) is 13.2 Å². The fourth-order valence-corrected chi connectivity index (χ4v) is 3.79. The maximum absolute atomic E-state index is 12.6. The first-order valence-corrected chi connectivity index (χ1v) is 9.46. The molecular formula is C19H14ClNO4S. The molecule has 0 heterocycles. The number of amides is 1. The summed E-state index contributed by atoms with van der Waals surface area (Å²) in [5.74, 6) is 0.408. The summed E-state index contributed by atoms with van der Waals surface area (Å²) in [6.07, 6.45) is -0.665. The largest absolute Gasteiger partial charge is 0.417 e. The highest BCUT2D eigenvalue weighted by Gasteiger charge is 2.18. The second kappa shape index (κ2) is 7.59. The van der Waals surface area contributed by atoms with E-state index < -0.39 is 15.9 Å². The van der Waals surface area contributed by atoms with Crippen molar-refractivity contribution in [3.63, 3.8) is 0 Å². The van der Waals surface area contributed by atoms with Crippen molar-refractivity contribution in [2.24, 2.45) is 0 Å². The fraction of sp³-hybridized carbons (Fsp3) is 0. The van der Waals surface area contributed by atoms with E-state index in [4.69, 9.17) is 16.3 Å². The maximum Gasteiger partial charge on any atom is 0.417 e. The second-order valence-electron chi connectivity index (χ2n) is 5.31. The summed E-state index contributed by atoms with van der Waals surface area (Å²) in [5.41, 5.74) is 0.413. The molecule has 1 N–H and O–H groups in total.